The van der Waals surface area contributed by atoms with E-state index in [0.29, 0.717) is 6.54 Å². The lowest BCUT2D eigenvalue weighted by molar-refractivity contribution is 0.800. The number of aromatic nitrogens is 1. The van der Waals surface area contributed by atoms with Gasteiger partial charge in [-0.25, -0.2) is 0 Å². The van der Waals surface area contributed by atoms with Crippen LogP contribution in [0.2, 0.25) is 0 Å². The molecular weight excluding hydrogens is 198 g/mol. The molecule has 1 heterocycles. The number of benzene rings is 1. The minimum absolute atomic E-state index is 0.0169. The van der Waals surface area contributed by atoms with E-state index >= 15 is 0 Å². The van der Waals surface area contributed by atoms with Crippen molar-refractivity contribution in [2.75, 3.05) is 0 Å². The van der Waals surface area contributed by atoms with Gasteiger partial charge in [0.25, 0.3) is 0 Å². The summed E-state index contributed by atoms with van der Waals surface area (Å²) in [6, 6.07) is 7.18. The van der Waals surface area contributed by atoms with Crippen molar-refractivity contribution in [3.05, 3.63) is 45.7 Å². The molecule has 0 bridgehead atoms. The molecule has 0 fully saturated rings. The van der Waals surface area contributed by atoms with Crippen LogP contribution in [0.1, 0.15) is 11.3 Å². The molecule has 2 rings (SSSR count). The summed E-state index contributed by atoms with van der Waals surface area (Å²) in [6.45, 7) is 4.54. The van der Waals surface area contributed by atoms with Gasteiger partial charge in [-0.2, -0.15) is 0 Å². The smallest absolute Gasteiger partial charge is 0.180 e. The second-order valence-electron chi connectivity index (χ2n) is 3.94. The third-order valence-electron chi connectivity index (χ3n) is 2.79. The highest BCUT2D eigenvalue weighted by Crippen LogP contribution is 2.25. The lowest BCUT2D eigenvalue weighted by Crippen LogP contribution is -2.11. The van der Waals surface area contributed by atoms with Crippen LogP contribution < -0.4 is 5.43 Å². The molecule has 80 valence electrons. The van der Waals surface area contributed by atoms with Crippen molar-refractivity contribution >= 4 is 0 Å². The maximum atomic E-state index is 11.4. The third-order valence-corrected chi connectivity index (χ3v) is 2.79. The zero-order valence-electron chi connectivity index (χ0n) is 9.45. The Balaban J connectivity index is 2.86. The van der Waals surface area contributed by atoms with E-state index in [1.807, 2.05) is 24.5 Å². The summed E-state index contributed by atoms with van der Waals surface area (Å²) in [5.74, 6) is 2.62. The topological polar surface area (TPSA) is 22.0 Å². The van der Waals surface area contributed by atoms with Gasteiger partial charge >= 0.3 is 0 Å². The van der Waals surface area contributed by atoms with Crippen molar-refractivity contribution in [2.24, 2.45) is 0 Å². The van der Waals surface area contributed by atoms with E-state index in [2.05, 4.69) is 12.0 Å². The lowest BCUT2D eigenvalue weighted by Gasteiger charge is -2.18. The number of rotatable bonds is 1. The monoisotopic (exact) mass is 211 g/mol. The Bertz CT molecular complexity index is 601. The standard InChI is InChI=1S/C14H13NO/c1-4-7-15-11(3)8-10(2)13-6-5-12(16)9-14(13)15/h1,5-6,8-9H,7H2,2-3H3. The first-order valence-corrected chi connectivity index (χ1v) is 5.18. The van der Waals surface area contributed by atoms with Crippen LogP contribution in [0.3, 0.4) is 0 Å². The van der Waals surface area contributed by atoms with E-state index in [9.17, 15) is 4.79 Å². The van der Waals surface area contributed by atoms with Gasteiger partial charge in [-0.05, 0) is 37.6 Å². The van der Waals surface area contributed by atoms with E-state index in [1.165, 1.54) is 5.56 Å². The first kappa shape index (κ1) is 10.5. The fraction of sp³-hybridized carbons (Fsp3) is 0.214. The Morgan fingerprint density at radius 3 is 2.75 bits per heavy atom. The quantitative estimate of drug-likeness (QED) is 0.663. The molecule has 0 atom stereocenters. The fourth-order valence-electron chi connectivity index (χ4n) is 2.03. The summed E-state index contributed by atoms with van der Waals surface area (Å²) in [5.41, 5.74) is 4.26. The van der Waals surface area contributed by atoms with Crippen LogP contribution in [0.15, 0.2) is 29.1 Å². The second-order valence-corrected chi connectivity index (χ2v) is 3.94. The third kappa shape index (κ3) is 1.61. The fourth-order valence-corrected chi connectivity index (χ4v) is 2.03. The maximum absolute atomic E-state index is 11.4. The summed E-state index contributed by atoms with van der Waals surface area (Å²) in [6.07, 6.45) is 5.35. The number of aryl methyl sites for hydroxylation is 2. The van der Waals surface area contributed by atoms with Crippen LogP contribution in [0.4, 0.5) is 0 Å². The van der Waals surface area contributed by atoms with Crippen molar-refractivity contribution in [1.29, 1.82) is 0 Å². The zero-order chi connectivity index (χ0) is 11.7. The van der Waals surface area contributed by atoms with Gasteiger partial charge in [0.15, 0.2) is 5.43 Å². The number of hydrogen-bond acceptors (Lipinski definition) is 1. The van der Waals surface area contributed by atoms with Crippen molar-refractivity contribution in [1.82, 2.24) is 4.57 Å². The summed E-state index contributed by atoms with van der Waals surface area (Å²) in [5, 5.41) is 0. The SMILES string of the molecule is C#CCn1c(C)cc(C)c2ccc(=O)cc1-2. The lowest BCUT2D eigenvalue weighted by atomic mass is 10.0. The van der Waals surface area contributed by atoms with Gasteiger partial charge in [0, 0.05) is 17.3 Å². The summed E-state index contributed by atoms with van der Waals surface area (Å²) in [4.78, 5) is 11.4. The summed E-state index contributed by atoms with van der Waals surface area (Å²) >= 11 is 0. The van der Waals surface area contributed by atoms with Crippen LogP contribution in [0, 0.1) is 26.2 Å². The molecule has 1 aliphatic carbocycles. The van der Waals surface area contributed by atoms with Gasteiger partial charge in [-0.1, -0.05) is 5.92 Å². The van der Waals surface area contributed by atoms with E-state index in [0.717, 1.165) is 17.0 Å². The number of fused-ring (bicyclic) bond motifs is 1. The van der Waals surface area contributed by atoms with Crippen molar-refractivity contribution in [2.45, 2.75) is 20.4 Å². The van der Waals surface area contributed by atoms with Crippen molar-refractivity contribution in [3.63, 3.8) is 0 Å². The summed E-state index contributed by atoms with van der Waals surface area (Å²) < 4.78 is 1.99. The van der Waals surface area contributed by atoms with Gasteiger partial charge < -0.3 is 4.57 Å². The van der Waals surface area contributed by atoms with Crippen molar-refractivity contribution in [3.8, 4) is 23.6 Å². The molecule has 0 spiro atoms. The molecular formula is C14H13NO. The molecule has 0 N–H and O–H groups in total. The zero-order valence-corrected chi connectivity index (χ0v) is 9.45. The van der Waals surface area contributed by atoms with Crippen LogP contribution in [-0.2, 0) is 6.54 Å². The predicted octanol–water partition coefficient (Wildman–Crippen LogP) is 2.20. The van der Waals surface area contributed by atoms with Gasteiger partial charge in [-0.3, -0.25) is 4.79 Å². The molecule has 0 amide bonds. The van der Waals surface area contributed by atoms with Crippen LogP contribution in [0.5, 0.6) is 0 Å². The second kappa shape index (κ2) is 3.86. The van der Waals surface area contributed by atoms with Crippen LogP contribution in [0.25, 0.3) is 11.3 Å². The average Bonchev–Trinajstić information content (AvgIpc) is 2.23. The highest BCUT2D eigenvalue weighted by molar-refractivity contribution is 5.66. The highest BCUT2D eigenvalue weighted by atomic mass is 16.1. The molecule has 0 radical (unpaired) electrons. The number of terminal acetylenes is 1. The molecule has 0 unspecified atom stereocenters. The summed E-state index contributed by atoms with van der Waals surface area (Å²) in [7, 11) is 0. The number of nitrogens with zero attached hydrogens (tertiary/aromatic N) is 1. The van der Waals surface area contributed by atoms with E-state index in [4.69, 9.17) is 6.42 Å². The molecule has 2 nitrogen and oxygen atoms in total. The van der Waals surface area contributed by atoms with Crippen LogP contribution in [-0.4, -0.2) is 4.57 Å². The molecule has 16 heavy (non-hydrogen) atoms. The van der Waals surface area contributed by atoms with E-state index in [1.54, 1.807) is 12.1 Å². The Morgan fingerprint density at radius 2 is 2.06 bits per heavy atom. The van der Waals surface area contributed by atoms with E-state index in [-0.39, 0.29) is 5.43 Å². The average molecular weight is 211 g/mol. The van der Waals surface area contributed by atoms with Gasteiger partial charge in [-0.15, -0.1) is 6.42 Å². The largest absolute Gasteiger partial charge is 0.333 e. The molecule has 0 aromatic carbocycles. The molecule has 0 saturated heterocycles. The minimum atomic E-state index is 0.0169. The Hall–Kier alpha value is -2.01. The molecule has 0 aromatic rings. The van der Waals surface area contributed by atoms with E-state index < -0.39 is 0 Å². The molecule has 2 aliphatic rings. The Morgan fingerprint density at radius 1 is 1.31 bits per heavy atom. The minimum Gasteiger partial charge on any atom is -0.333 e. The molecule has 0 saturated carbocycles. The Labute approximate surface area is 94.9 Å². The maximum Gasteiger partial charge on any atom is 0.180 e. The first-order valence-electron chi connectivity index (χ1n) is 5.18. The molecule has 0 aromatic heterocycles. The van der Waals surface area contributed by atoms with Gasteiger partial charge in [0.05, 0.1) is 12.2 Å². The Kier molecular flexibility index (Phi) is 2.54. The normalized spacial score (nSPS) is 10.3. The van der Waals surface area contributed by atoms with Gasteiger partial charge in [0.2, 0.25) is 0 Å². The number of pyridine rings is 1. The molecule has 1 aliphatic heterocycles. The highest BCUT2D eigenvalue weighted by Gasteiger charge is 2.11. The van der Waals surface area contributed by atoms with Crippen molar-refractivity contribution < 1.29 is 0 Å². The number of hydrogen-bond donors (Lipinski definition) is 0. The molecule has 2 heteroatoms. The first-order chi connectivity index (χ1) is 7.63. The predicted molar refractivity (Wildman–Crippen MR) is 65.6 cm³/mol. The van der Waals surface area contributed by atoms with Crippen LogP contribution >= 0.6 is 0 Å². The van der Waals surface area contributed by atoms with Gasteiger partial charge in [0.1, 0.15) is 0 Å².